The van der Waals surface area contributed by atoms with Crippen molar-refractivity contribution in [2.24, 2.45) is 0 Å². The molecule has 0 saturated carbocycles. The second kappa shape index (κ2) is 8.83. The van der Waals surface area contributed by atoms with Crippen LogP contribution in [0.25, 0.3) is 137 Å². The molecule has 0 spiro atoms. The molecule has 17 rings (SSSR count). The maximum atomic E-state index is 2.59. The third kappa shape index (κ3) is 2.76. The number of nitrogens with zero attached hydrogens (tertiary/aromatic N) is 3. The maximum absolute atomic E-state index is 2.59. The molecule has 6 heterocycles. The van der Waals surface area contributed by atoms with Crippen LogP contribution >= 0.6 is 0 Å². The maximum Gasteiger partial charge on any atom is 0.0620 e. The van der Waals surface area contributed by atoms with Crippen molar-refractivity contribution >= 4 is 114 Å². The third-order valence-corrected chi connectivity index (χ3v) is 14.8. The van der Waals surface area contributed by atoms with Gasteiger partial charge in [-0.25, -0.2) is 0 Å². The van der Waals surface area contributed by atoms with Crippen molar-refractivity contribution in [3.8, 4) is 22.3 Å². The van der Waals surface area contributed by atoms with Crippen LogP contribution in [0.15, 0.2) is 158 Å². The SMILES string of the molecule is c1ccc2c(c1)-c1cccc3c1C2c1cc2c4cccc5c6cc7c(cc6n(c2cc1-3)c45)c1cccc2c3cc4c(cc3n7c21)c1cccc2c3ccccc3n4c21. The zero-order valence-electron chi connectivity index (χ0n) is 30.9. The molecule has 6 aromatic heterocycles. The zero-order chi connectivity index (χ0) is 36.9. The number of fused-ring (bicyclic) bond motifs is 24. The lowest BCUT2D eigenvalue weighted by Crippen LogP contribution is -1.94. The van der Waals surface area contributed by atoms with E-state index < -0.39 is 0 Å². The number of hydrogen-bond acceptors (Lipinski definition) is 0. The average molecular weight is 730 g/mol. The van der Waals surface area contributed by atoms with Gasteiger partial charge in [-0.15, -0.1) is 0 Å². The summed E-state index contributed by atoms with van der Waals surface area (Å²) >= 11 is 0. The van der Waals surface area contributed by atoms with Crippen molar-refractivity contribution in [1.29, 1.82) is 0 Å². The molecular formula is C55H27N3. The van der Waals surface area contributed by atoms with Crippen LogP contribution < -0.4 is 0 Å². The Labute approximate surface area is 328 Å². The summed E-state index contributed by atoms with van der Waals surface area (Å²) in [4.78, 5) is 0. The second-order valence-corrected chi connectivity index (χ2v) is 17.1. The van der Waals surface area contributed by atoms with E-state index in [-0.39, 0.29) is 0 Å². The molecule has 0 N–H and O–H groups in total. The topological polar surface area (TPSA) is 13.2 Å². The molecule has 0 aliphatic heterocycles. The number of aromatic nitrogens is 3. The Kier molecular flexibility index (Phi) is 4.25. The van der Waals surface area contributed by atoms with Gasteiger partial charge in [0.2, 0.25) is 0 Å². The Morgan fingerprint density at radius 1 is 0.259 bits per heavy atom. The van der Waals surface area contributed by atoms with E-state index in [4.69, 9.17) is 0 Å². The summed E-state index contributed by atoms with van der Waals surface area (Å²) in [5, 5.41) is 15.9. The van der Waals surface area contributed by atoms with Gasteiger partial charge in [0.1, 0.15) is 0 Å². The van der Waals surface area contributed by atoms with Crippen LogP contribution in [0.2, 0.25) is 0 Å². The van der Waals surface area contributed by atoms with E-state index in [0.717, 1.165) is 0 Å². The molecule has 2 aliphatic rings. The molecule has 262 valence electrons. The Bertz CT molecular complexity index is 4430. The van der Waals surface area contributed by atoms with Crippen molar-refractivity contribution in [3.05, 3.63) is 174 Å². The predicted molar refractivity (Wildman–Crippen MR) is 242 cm³/mol. The highest BCUT2D eigenvalue weighted by molar-refractivity contribution is 6.31. The van der Waals surface area contributed by atoms with Crippen LogP contribution in [0.4, 0.5) is 0 Å². The number of para-hydroxylation sites is 4. The lowest BCUT2D eigenvalue weighted by atomic mass is 9.92. The Morgan fingerprint density at radius 2 is 0.655 bits per heavy atom. The number of hydrogen-bond donors (Lipinski definition) is 0. The molecule has 0 saturated heterocycles. The highest BCUT2D eigenvalue weighted by atomic mass is 14.9. The lowest BCUT2D eigenvalue weighted by Gasteiger charge is -2.11. The molecule has 2 aliphatic carbocycles. The Balaban J connectivity index is 0.994. The summed E-state index contributed by atoms with van der Waals surface area (Å²) in [7, 11) is 0. The quantitative estimate of drug-likeness (QED) is 0.147. The van der Waals surface area contributed by atoms with Crippen LogP contribution in [0.1, 0.15) is 22.6 Å². The van der Waals surface area contributed by atoms with E-state index >= 15 is 0 Å². The van der Waals surface area contributed by atoms with Crippen LogP contribution in [0.3, 0.4) is 0 Å². The molecule has 1 unspecified atom stereocenters. The monoisotopic (exact) mass is 729 g/mol. The van der Waals surface area contributed by atoms with Crippen molar-refractivity contribution in [3.63, 3.8) is 0 Å². The van der Waals surface area contributed by atoms with Gasteiger partial charge in [0.25, 0.3) is 0 Å². The summed E-state index contributed by atoms with van der Waals surface area (Å²) in [6.07, 6.45) is 0. The van der Waals surface area contributed by atoms with E-state index in [2.05, 4.69) is 171 Å². The first-order chi connectivity index (χ1) is 28.8. The summed E-state index contributed by atoms with van der Waals surface area (Å²) < 4.78 is 7.67. The first-order valence-electron chi connectivity index (χ1n) is 20.5. The molecule has 0 amide bonds. The van der Waals surface area contributed by atoms with Gasteiger partial charge < -0.3 is 13.2 Å². The molecule has 0 radical (unpaired) electrons. The van der Waals surface area contributed by atoms with Crippen LogP contribution in [-0.2, 0) is 0 Å². The van der Waals surface area contributed by atoms with Gasteiger partial charge in [-0.3, -0.25) is 0 Å². The minimum atomic E-state index is 0.297. The molecule has 3 heteroatoms. The molecule has 0 fully saturated rings. The molecule has 1 atom stereocenters. The number of rotatable bonds is 0. The van der Waals surface area contributed by atoms with Gasteiger partial charge in [0.05, 0.1) is 49.7 Å². The van der Waals surface area contributed by atoms with E-state index in [1.54, 1.807) is 0 Å². The summed E-state index contributed by atoms with van der Waals surface area (Å²) in [5.41, 5.74) is 21.6. The van der Waals surface area contributed by atoms with Crippen LogP contribution in [-0.4, -0.2) is 13.2 Å². The third-order valence-electron chi connectivity index (χ3n) is 14.8. The van der Waals surface area contributed by atoms with Gasteiger partial charge in [-0.1, -0.05) is 115 Å². The zero-order valence-corrected chi connectivity index (χ0v) is 30.9. The molecule has 0 bridgehead atoms. The van der Waals surface area contributed by atoms with E-state index in [1.807, 2.05) is 0 Å². The lowest BCUT2D eigenvalue weighted by molar-refractivity contribution is 1.06. The van der Waals surface area contributed by atoms with E-state index in [0.29, 0.717) is 5.92 Å². The van der Waals surface area contributed by atoms with Crippen molar-refractivity contribution in [2.75, 3.05) is 0 Å². The predicted octanol–water partition coefficient (Wildman–Crippen LogP) is 14.3. The first kappa shape index (κ1) is 27.9. The van der Waals surface area contributed by atoms with Gasteiger partial charge in [0.15, 0.2) is 0 Å². The van der Waals surface area contributed by atoms with E-state index in [9.17, 15) is 0 Å². The van der Waals surface area contributed by atoms with Crippen LogP contribution in [0, 0.1) is 0 Å². The normalized spacial score (nSPS) is 15.1. The minimum Gasteiger partial charge on any atom is -0.308 e. The van der Waals surface area contributed by atoms with Crippen molar-refractivity contribution < 1.29 is 0 Å². The standard InChI is InChI=1S/C55H27N3/c1-2-11-29-27(9-1)30-12-5-13-31-38-22-46-39(21-44(38)52(29)51(30)31)33-15-7-17-35-42-26-50-43(25-48(42)57(46)54(33)35)37-19-8-18-36-41-23-47-40(24-49(41)58(50)55(36)37)34-16-6-14-32-28-10-3-4-20-45(28)56(47)53(32)34/h1-26,52H. The Morgan fingerprint density at radius 3 is 1.24 bits per heavy atom. The molecule has 9 aromatic carbocycles. The molecular weight excluding hydrogens is 703 g/mol. The summed E-state index contributed by atoms with van der Waals surface area (Å²) in [6, 6.07) is 60.6. The summed E-state index contributed by atoms with van der Waals surface area (Å²) in [5.74, 6) is 0.297. The molecule has 3 nitrogen and oxygen atoms in total. The van der Waals surface area contributed by atoms with Gasteiger partial charge >= 0.3 is 0 Å². The smallest absolute Gasteiger partial charge is 0.0620 e. The minimum absolute atomic E-state index is 0.297. The fourth-order valence-electron chi connectivity index (χ4n) is 12.7. The van der Waals surface area contributed by atoms with Gasteiger partial charge in [-0.05, 0) is 81.4 Å². The fourth-order valence-corrected chi connectivity index (χ4v) is 12.7. The number of benzene rings is 9. The van der Waals surface area contributed by atoms with Crippen LogP contribution in [0.5, 0.6) is 0 Å². The van der Waals surface area contributed by atoms with Crippen molar-refractivity contribution in [2.45, 2.75) is 5.92 Å². The average Bonchev–Trinajstić information content (AvgIpc) is 4.15. The fraction of sp³-hybridized carbons (Fsp3) is 0.0182. The second-order valence-electron chi connectivity index (χ2n) is 17.1. The first-order valence-corrected chi connectivity index (χ1v) is 20.5. The molecule has 58 heavy (non-hydrogen) atoms. The molecule has 15 aromatic rings. The largest absolute Gasteiger partial charge is 0.308 e. The highest BCUT2D eigenvalue weighted by Crippen LogP contribution is 2.59. The van der Waals surface area contributed by atoms with E-state index in [1.165, 1.54) is 153 Å². The Hall–Kier alpha value is -7.62. The van der Waals surface area contributed by atoms with Gasteiger partial charge in [-0.2, -0.15) is 0 Å². The van der Waals surface area contributed by atoms with Crippen molar-refractivity contribution in [1.82, 2.24) is 13.2 Å². The highest BCUT2D eigenvalue weighted by Gasteiger charge is 2.39. The van der Waals surface area contributed by atoms with Gasteiger partial charge in [0, 0.05) is 70.6 Å². The summed E-state index contributed by atoms with van der Waals surface area (Å²) in [6.45, 7) is 0.